The third-order valence-electron chi connectivity index (χ3n) is 8.30. The molecule has 1 aromatic carbocycles. The van der Waals surface area contributed by atoms with Crippen LogP contribution in [0.1, 0.15) is 58.2 Å². The Kier molecular flexibility index (Phi) is 5.72. The van der Waals surface area contributed by atoms with Gasteiger partial charge in [0, 0.05) is 31.5 Å². The Hall–Kier alpha value is -2.37. The largest absolute Gasteiger partial charge is 0.355 e. The van der Waals surface area contributed by atoms with E-state index in [0.717, 1.165) is 53.9 Å². The standard InChI is InChI=1S/C26H36N4O2/c1-3-29(4-2)24(31)17-30-22-8-6-5-7-21(22)28-23(30)9-10-27-25(32)26-14-18-11-19(15-26)13-20(12-18)16-26/h5-8,18-20H,3-4,9-17H2,1-2H3,(H,27,32). The summed E-state index contributed by atoms with van der Waals surface area (Å²) in [5.41, 5.74) is 1.77. The molecule has 0 aliphatic heterocycles. The van der Waals surface area contributed by atoms with Crippen LogP contribution in [0.2, 0.25) is 0 Å². The van der Waals surface area contributed by atoms with Crippen LogP contribution >= 0.6 is 0 Å². The van der Waals surface area contributed by atoms with Crippen molar-refractivity contribution in [1.82, 2.24) is 19.8 Å². The van der Waals surface area contributed by atoms with E-state index in [9.17, 15) is 9.59 Å². The second kappa shape index (κ2) is 8.53. The van der Waals surface area contributed by atoms with Crippen LogP contribution < -0.4 is 5.32 Å². The first-order valence-electron chi connectivity index (χ1n) is 12.5. The Morgan fingerprint density at radius 1 is 1.06 bits per heavy atom. The molecule has 1 heterocycles. The number of nitrogens with one attached hydrogen (secondary N) is 1. The number of carbonyl (C=O) groups excluding carboxylic acids is 2. The fourth-order valence-electron chi connectivity index (χ4n) is 7.17. The summed E-state index contributed by atoms with van der Waals surface area (Å²) in [5.74, 6) is 3.54. The van der Waals surface area contributed by atoms with Crippen LogP contribution in [0.15, 0.2) is 24.3 Å². The Labute approximate surface area is 190 Å². The molecule has 32 heavy (non-hydrogen) atoms. The van der Waals surface area contributed by atoms with E-state index in [1.165, 1.54) is 19.3 Å². The van der Waals surface area contributed by atoms with Crippen molar-refractivity contribution in [3.05, 3.63) is 30.1 Å². The summed E-state index contributed by atoms with van der Waals surface area (Å²) in [5, 5.41) is 3.27. The van der Waals surface area contributed by atoms with Crippen LogP contribution in [-0.4, -0.2) is 45.9 Å². The molecule has 4 aliphatic rings. The van der Waals surface area contributed by atoms with Crippen LogP contribution in [0, 0.1) is 23.2 Å². The average molecular weight is 437 g/mol. The number of nitrogens with zero attached hydrogens (tertiary/aromatic N) is 3. The van der Waals surface area contributed by atoms with Gasteiger partial charge in [0.05, 0.1) is 11.0 Å². The Balaban J connectivity index is 1.28. The number of amides is 2. The van der Waals surface area contributed by atoms with Crippen molar-refractivity contribution in [2.45, 2.75) is 65.3 Å². The maximum Gasteiger partial charge on any atom is 0.242 e. The van der Waals surface area contributed by atoms with Crippen LogP contribution in [0.5, 0.6) is 0 Å². The number of benzene rings is 1. The summed E-state index contributed by atoms with van der Waals surface area (Å²) in [4.78, 5) is 32.8. The van der Waals surface area contributed by atoms with Crippen LogP contribution in [0.3, 0.4) is 0 Å². The molecule has 6 nitrogen and oxygen atoms in total. The molecule has 2 aromatic rings. The van der Waals surface area contributed by atoms with E-state index >= 15 is 0 Å². The topological polar surface area (TPSA) is 67.2 Å². The van der Waals surface area contributed by atoms with Gasteiger partial charge in [-0.1, -0.05) is 12.1 Å². The third kappa shape index (κ3) is 3.82. The van der Waals surface area contributed by atoms with Gasteiger partial charge < -0.3 is 14.8 Å². The predicted octanol–water partition coefficient (Wildman–Crippen LogP) is 3.78. The number of hydrogen-bond donors (Lipinski definition) is 1. The van der Waals surface area contributed by atoms with Crippen LogP contribution in [0.4, 0.5) is 0 Å². The zero-order valence-electron chi connectivity index (χ0n) is 19.5. The number of carbonyl (C=O) groups is 2. The van der Waals surface area contributed by atoms with E-state index in [1.807, 2.05) is 47.6 Å². The van der Waals surface area contributed by atoms with Gasteiger partial charge in [0.15, 0.2) is 0 Å². The summed E-state index contributed by atoms with van der Waals surface area (Å²) < 4.78 is 2.03. The molecule has 6 rings (SSSR count). The highest BCUT2D eigenvalue weighted by Crippen LogP contribution is 2.60. The van der Waals surface area contributed by atoms with Crippen molar-refractivity contribution >= 4 is 22.8 Å². The number of para-hydroxylation sites is 2. The van der Waals surface area contributed by atoms with Gasteiger partial charge in [0.25, 0.3) is 0 Å². The Morgan fingerprint density at radius 2 is 1.69 bits per heavy atom. The lowest BCUT2D eigenvalue weighted by Crippen LogP contribution is -2.53. The maximum atomic E-state index is 13.3. The van der Waals surface area contributed by atoms with E-state index in [4.69, 9.17) is 4.98 Å². The molecule has 172 valence electrons. The van der Waals surface area contributed by atoms with Gasteiger partial charge in [-0.15, -0.1) is 0 Å². The number of hydrogen-bond acceptors (Lipinski definition) is 3. The second-order valence-corrected chi connectivity index (χ2v) is 10.4. The molecule has 4 bridgehead atoms. The summed E-state index contributed by atoms with van der Waals surface area (Å²) in [6, 6.07) is 7.98. The van der Waals surface area contributed by atoms with Crippen molar-refractivity contribution < 1.29 is 9.59 Å². The normalized spacial score (nSPS) is 28.2. The molecular weight excluding hydrogens is 400 g/mol. The second-order valence-electron chi connectivity index (χ2n) is 10.4. The van der Waals surface area contributed by atoms with Crippen LogP contribution in [-0.2, 0) is 22.6 Å². The number of aromatic nitrogens is 2. The maximum absolute atomic E-state index is 13.3. The molecule has 0 atom stereocenters. The first-order chi connectivity index (χ1) is 15.5. The molecule has 1 aromatic heterocycles. The quantitative estimate of drug-likeness (QED) is 0.685. The van der Waals surface area contributed by atoms with E-state index in [2.05, 4.69) is 5.32 Å². The zero-order chi connectivity index (χ0) is 22.3. The predicted molar refractivity (Wildman–Crippen MR) is 125 cm³/mol. The smallest absolute Gasteiger partial charge is 0.242 e. The average Bonchev–Trinajstić information content (AvgIpc) is 3.11. The summed E-state index contributed by atoms with van der Waals surface area (Å²) >= 11 is 0. The Morgan fingerprint density at radius 3 is 2.31 bits per heavy atom. The minimum absolute atomic E-state index is 0.108. The molecule has 0 spiro atoms. The summed E-state index contributed by atoms with van der Waals surface area (Å²) in [7, 11) is 0. The first-order valence-corrected chi connectivity index (χ1v) is 12.5. The van der Waals surface area contributed by atoms with E-state index in [1.54, 1.807) is 0 Å². The van der Waals surface area contributed by atoms with Gasteiger partial charge in [0.1, 0.15) is 12.4 Å². The lowest BCUT2D eigenvalue weighted by molar-refractivity contribution is -0.146. The number of fused-ring (bicyclic) bond motifs is 1. The molecule has 1 N–H and O–H groups in total. The molecule has 2 amide bonds. The molecule has 6 heteroatoms. The highest BCUT2D eigenvalue weighted by molar-refractivity contribution is 5.83. The van der Waals surface area contributed by atoms with E-state index in [0.29, 0.717) is 32.6 Å². The monoisotopic (exact) mass is 436 g/mol. The molecular formula is C26H36N4O2. The van der Waals surface area contributed by atoms with Gasteiger partial charge in [-0.05, 0) is 82.3 Å². The minimum atomic E-state index is -0.117. The fourth-order valence-corrected chi connectivity index (χ4v) is 7.17. The molecule has 4 fully saturated rings. The SMILES string of the molecule is CCN(CC)C(=O)Cn1c(CCNC(=O)C23CC4CC(CC(C4)C2)C3)nc2ccccc21. The Bertz CT molecular complexity index is 971. The highest BCUT2D eigenvalue weighted by atomic mass is 16.2. The first kappa shape index (κ1) is 21.5. The van der Waals surface area contributed by atoms with Gasteiger partial charge in [-0.3, -0.25) is 9.59 Å². The van der Waals surface area contributed by atoms with Crippen molar-refractivity contribution in [3.63, 3.8) is 0 Å². The van der Waals surface area contributed by atoms with Crippen molar-refractivity contribution in [3.8, 4) is 0 Å². The van der Waals surface area contributed by atoms with Gasteiger partial charge in [-0.25, -0.2) is 4.98 Å². The lowest BCUT2D eigenvalue weighted by atomic mass is 9.49. The molecule has 4 saturated carbocycles. The summed E-state index contributed by atoms with van der Waals surface area (Å²) in [6.07, 6.45) is 7.93. The van der Waals surface area contributed by atoms with Crippen molar-refractivity contribution in [2.75, 3.05) is 19.6 Å². The summed E-state index contributed by atoms with van der Waals surface area (Å²) in [6.45, 7) is 6.29. The molecule has 0 unspecified atom stereocenters. The number of imidazole rings is 1. The molecule has 4 aliphatic carbocycles. The number of likely N-dealkylation sites (N-methyl/N-ethyl adjacent to an activating group) is 1. The highest BCUT2D eigenvalue weighted by Gasteiger charge is 2.54. The fraction of sp³-hybridized carbons (Fsp3) is 0.654. The molecule has 0 saturated heterocycles. The van der Waals surface area contributed by atoms with Gasteiger partial charge >= 0.3 is 0 Å². The van der Waals surface area contributed by atoms with Crippen molar-refractivity contribution in [1.29, 1.82) is 0 Å². The van der Waals surface area contributed by atoms with Crippen molar-refractivity contribution in [2.24, 2.45) is 23.2 Å². The zero-order valence-corrected chi connectivity index (χ0v) is 19.5. The minimum Gasteiger partial charge on any atom is -0.355 e. The lowest BCUT2D eigenvalue weighted by Gasteiger charge is -2.55. The van der Waals surface area contributed by atoms with Crippen LogP contribution in [0.25, 0.3) is 11.0 Å². The molecule has 0 radical (unpaired) electrons. The van der Waals surface area contributed by atoms with Gasteiger partial charge in [-0.2, -0.15) is 0 Å². The van der Waals surface area contributed by atoms with E-state index < -0.39 is 0 Å². The number of rotatable bonds is 8. The third-order valence-corrected chi connectivity index (χ3v) is 8.30. The van der Waals surface area contributed by atoms with Gasteiger partial charge in [0.2, 0.25) is 11.8 Å². The van der Waals surface area contributed by atoms with E-state index in [-0.39, 0.29) is 17.2 Å².